The van der Waals surface area contributed by atoms with Crippen LogP contribution in [0.15, 0.2) is 24.3 Å². The molecule has 116 valence electrons. The quantitative estimate of drug-likeness (QED) is 0.794. The molecule has 2 amide bonds. The van der Waals surface area contributed by atoms with E-state index in [0.717, 1.165) is 24.3 Å². The van der Waals surface area contributed by atoms with Crippen LogP contribution < -0.4 is 0 Å². The van der Waals surface area contributed by atoms with Gasteiger partial charge in [0.15, 0.2) is 0 Å². The van der Waals surface area contributed by atoms with Crippen molar-refractivity contribution < 1.29 is 27.5 Å². The van der Waals surface area contributed by atoms with Gasteiger partial charge in [0.25, 0.3) is 5.91 Å². The van der Waals surface area contributed by atoms with E-state index in [-0.39, 0.29) is 5.56 Å². The first-order valence-electron chi connectivity index (χ1n) is 6.10. The highest BCUT2D eigenvalue weighted by Crippen LogP contribution is 2.29. The van der Waals surface area contributed by atoms with Crippen LogP contribution in [0.3, 0.4) is 0 Å². The third-order valence-electron chi connectivity index (χ3n) is 2.43. The Morgan fingerprint density at radius 3 is 1.90 bits per heavy atom. The number of rotatable bonds is 1. The highest BCUT2D eigenvalue weighted by molar-refractivity contribution is 6.02. The molecule has 0 aromatic heterocycles. The van der Waals surface area contributed by atoms with E-state index in [1.165, 1.54) is 7.05 Å². The average Bonchev–Trinajstić information content (AvgIpc) is 2.34. The van der Waals surface area contributed by atoms with Crippen molar-refractivity contribution in [2.75, 3.05) is 7.05 Å². The van der Waals surface area contributed by atoms with Crippen LogP contribution in [0.2, 0.25) is 0 Å². The van der Waals surface area contributed by atoms with Gasteiger partial charge in [-0.25, -0.2) is 9.69 Å². The Morgan fingerprint density at radius 2 is 1.52 bits per heavy atom. The van der Waals surface area contributed by atoms with Crippen molar-refractivity contribution in [3.63, 3.8) is 0 Å². The number of ether oxygens (including phenoxy) is 1. The van der Waals surface area contributed by atoms with Gasteiger partial charge in [0, 0.05) is 12.6 Å². The van der Waals surface area contributed by atoms with Gasteiger partial charge in [0.2, 0.25) is 0 Å². The average molecular weight is 303 g/mol. The Kier molecular flexibility index (Phi) is 4.65. The molecule has 0 aliphatic carbocycles. The van der Waals surface area contributed by atoms with Gasteiger partial charge >= 0.3 is 12.3 Å². The Hall–Kier alpha value is -2.05. The molecule has 0 heterocycles. The van der Waals surface area contributed by atoms with Crippen molar-refractivity contribution in [3.8, 4) is 0 Å². The number of benzene rings is 1. The lowest BCUT2D eigenvalue weighted by Crippen LogP contribution is -2.38. The zero-order valence-electron chi connectivity index (χ0n) is 12.1. The van der Waals surface area contributed by atoms with Crippen molar-refractivity contribution in [3.05, 3.63) is 35.4 Å². The molecule has 0 N–H and O–H groups in total. The number of carbonyl (C=O) groups excluding carboxylic acids is 2. The maximum Gasteiger partial charge on any atom is 0.417 e. The molecule has 1 aromatic carbocycles. The Balaban J connectivity index is 2.86. The number of alkyl halides is 3. The highest BCUT2D eigenvalue weighted by Gasteiger charge is 2.31. The monoisotopic (exact) mass is 303 g/mol. The smallest absolute Gasteiger partial charge is 0.417 e. The van der Waals surface area contributed by atoms with Crippen LogP contribution in [0.25, 0.3) is 0 Å². The second-order valence-electron chi connectivity index (χ2n) is 5.42. The summed E-state index contributed by atoms with van der Waals surface area (Å²) in [5.74, 6) is -0.738. The van der Waals surface area contributed by atoms with Gasteiger partial charge in [-0.1, -0.05) is 0 Å². The van der Waals surface area contributed by atoms with Gasteiger partial charge < -0.3 is 4.74 Å². The number of halogens is 3. The lowest BCUT2D eigenvalue weighted by atomic mass is 10.1. The number of hydrogen-bond donors (Lipinski definition) is 0. The zero-order valence-corrected chi connectivity index (χ0v) is 12.1. The summed E-state index contributed by atoms with van der Waals surface area (Å²) in [6.45, 7) is 4.92. The van der Waals surface area contributed by atoms with Crippen LogP contribution in [0.1, 0.15) is 36.7 Å². The van der Waals surface area contributed by atoms with Crippen LogP contribution in [-0.4, -0.2) is 29.5 Å². The predicted octanol–water partition coefficient (Wildman–Crippen LogP) is 3.71. The molecule has 0 saturated carbocycles. The molecule has 0 spiro atoms. The van der Waals surface area contributed by atoms with Gasteiger partial charge in [0.05, 0.1) is 5.56 Å². The number of imide groups is 1. The number of carbonyl (C=O) groups is 2. The van der Waals surface area contributed by atoms with E-state index in [1.54, 1.807) is 20.8 Å². The standard InChI is InChI=1S/C14H16F3NO3/c1-13(2,3)21-12(20)18(4)11(19)9-5-7-10(8-6-9)14(15,16)17/h5-8H,1-4H3. The first-order valence-corrected chi connectivity index (χ1v) is 6.10. The van der Waals surface area contributed by atoms with Gasteiger partial charge in [-0.2, -0.15) is 13.2 Å². The number of nitrogens with zero attached hydrogens (tertiary/aromatic N) is 1. The largest absolute Gasteiger partial charge is 0.443 e. The minimum Gasteiger partial charge on any atom is -0.443 e. The third-order valence-corrected chi connectivity index (χ3v) is 2.43. The molecule has 0 radical (unpaired) electrons. The normalized spacial score (nSPS) is 12.0. The lowest BCUT2D eigenvalue weighted by molar-refractivity contribution is -0.137. The van der Waals surface area contributed by atoms with Crippen molar-refractivity contribution in [1.82, 2.24) is 4.90 Å². The van der Waals surface area contributed by atoms with Crippen LogP contribution >= 0.6 is 0 Å². The maximum absolute atomic E-state index is 12.4. The molecular weight excluding hydrogens is 287 g/mol. The van der Waals surface area contributed by atoms with Gasteiger partial charge in [-0.15, -0.1) is 0 Å². The predicted molar refractivity (Wildman–Crippen MR) is 69.8 cm³/mol. The molecule has 0 aliphatic heterocycles. The topological polar surface area (TPSA) is 46.6 Å². The summed E-state index contributed by atoms with van der Waals surface area (Å²) in [6, 6.07) is 3.62. The fraction of sp³-hybridized carbons (Fsp3) is 0.429. The lowest BCUT2D eigenvalue weighted by Gasteiger charge is -2.23. The summed E-state index contributed by atoms with van der Waals surface area (Å²) in [6.07, 6.45) is -5.34. The molecule has 0 aliphatic rings. The minimum absolute atomic E-state index is 0.0311. The van der Waals surface area contributed by atoms with Crippen LogP contribution in [0, 0.1) is 0 Å². The summed E-state index contributed by atoms with van der Waals surface area (Å²) < 4.78 is 42.3. The van der Waals surface area contributed by atoms with Crippen molar-refractivity contribution in [1.29, 1.82) is 0 Å². The summed E-state index contributed by atoms with van der Waals surface area (Å²) in [7, 11) is 1.20. The maximum atomic E-state index is 12.4. The molecule has 4 nitrogen and oxygen atoms in total. The number of amides is 2. The molecule has 1 rings (SSSR count). The summed E-state index contributed by atoms with van der Waals surface area (Å²) in [5.41, 5.74) is -1.67. The fourth-order valence-corrected chi connectivity index (χ4v) is 1.41. The van der Waals surface area contributed by atoms with Crippen LogP contribution in [0.4, 0.5) is 18.0 Å². The van der Waals surface area contributed by atoms with Crippen LogP contribution in [-0.2, 0) is 10.9 Å². The third kappa shape index (κ3) is 4.77. The zero-order chi connectivity index (χ0) is 16.4. The van der Waals surface area contributed by atoms with E-state index in [1.807, 2.05) is 0 Å². The Morgan fingerprint density at radius 1 is 1.05 bits per heavy atom. The molecule has 7 heteroatoms. The summed E-state index contributed by atoms with van der Waals surface area (Å²) in [4.78, 5) is 24.4. The van der Waals surface area contributed by atoms with E-state index in [9.17, 15) is 22.8 Å². The van der Waals surface area contributed by atoms with E-state index >= 15 is 0 Å². The van der Waals surface area contributed by atoms with Gasteiger partial charge in [0.1, 0.15) is 5.60 Å². The van der Waals surface area contributed by atoms with Crippen molar-refractivity contribution in [2.45, 2.75) is 32.5 Å². The van der Waals surface area contributed by atoms with E-state index < -0.39 is 29.3 Å². The van der Waals surface area contributed by atoms with Crippen molar-refractivity contribution in [2.24, 2.45) is 0 Å². The summed E-state index contributed by atoms with van der Waals surface area (Å²) in [5, 5.41) is 0. The molecular formula is C14H16F3NO3. The van der Waals surface area contributed by atoms with Gasteiger partial charge in [-0.05, 0) is 45.0 Å². The molecule has 0 fully saturated rings. The van der Waals surface area contributed by atoms with Crippen LogP contribution in [0.5, 0.6) is 0 Å². The first-order chi connectivity index (χ1) is 9.42. The SMILES string of the molecule is CN(C(=O)OC(C)(C)C)C(=O)c1ccc(C(F)(F)F)cc1. The van der Waals surface area contributed by atoms with E-state index in [2.05, 4.69) is 0 Å². The molecule has 21 heavy (non-hydrogen) atoms. The summed E-state index contributed by atoms with van der Waals surface area (Å²) >= 11 is 0. The highest BCUT2D eigenvalue weighted by atomic mass is 19.4. The molecule has 0 saturated heterocycles. The van der Waals surface area contributed by atoms with Crippen molar-refractivity contribution >= 4 is 12.0 Å². The Labute approximate surface area is 120 Å². The Bertz CT molecular complexity index is 530. The molecule has 0 unspecified atom stereocenters. The molecule has 1 aromatic rings. The minimum atomic E-state index is -4.47. The molecule has 0 bridgehead atoms. The fourth-order valence-electron chi connectivity index (χ4n) is 1.41. The van der Waals surface area contributed by atoms with Gasteiger partial charge in [-0.3, -0.25) is 4.79 Å². The second kappa shape index (κ2) is 5.75. The molecule has 0 atom stereocenters. The first kappa shape index (κ1) is 17.0. The second-order valence-corrected chi connectivity index (χ2v) is 5.42. The van der Waals surface area contributed by atoms with E-state index in [0.29, 0.717) is 4.90 Å². The van der Waals surface area contributed by atoms with E-state index in [4.69, 9.17) is 4.74 Å². The number of hydrogen-bond acceptors (Lipinski definition) is 3.